The second-order valence-electron chi connectivity index (χ2n) is 5.16. The standard InChI is InChI=1S/C15H25N3O/c1-2-15(16)13-3-5-14(6-4-13)18-9-7-17(8-10-18)11-12-19/h3-6,15,19H,2,7-12,16H2,1H3. The maximum absolute atomic E-state index is 8.94. The van der Waals surface area contributed by atoms with E-state index in [-0.39, 0.29) is 12.6 Å². The summed E-state index contributed by atoms with van der Waals surface area (Å²) in [5.74, 6) is 0. The summed E-state index contributed by atoms with van der Waals surface area (Å²) in [4.78, 5) is 4.70. The number of hydrogen-bond acceptors (Lipinski definition) is 4. The number of benzene rings is 1. The summed E-state index contributed by atoms with van der Waals surface area (Å²) >= 11 is 0. The highest BCUT2D eigenvalue weighted by atomic mass is 16.3. The first-order valence-electron chi connectivity index (χ1n) is 7.18. The maximum atomic E-state index is 8.94. The van der Waals surface area contributed by atoms with Crippen LogP contribution < -0.4 is 10.6 Å². The third kappa shape index (κ3) is 3.69. The number of hydrogen-bond donors (Lipinski definition) is 2. The lowest BCUT2D eigenvalue weighted by atomic mass is 10.0. The molecule has 0 aromatic heterocycles. The van der Waals surface area contributed by atoms with Crippen molar-refractivity contribution in [1.82, 2.24) is 4.90 Å². The number of nitrogens with zero attached hydrogens (tertiary/aromatic N) is 2. The van der Waals surface area contributed by atoms with Crippen LogP contribution in [-0.2, 0) is 0 Å². The summed E-state index contributed by atoms with van der Waals surface area (Å²) < 4.78 is 0. The Kier molecular flexibility index (Phi) is 5.19. The van der Waals surface area contributed by atoms with E-state index in [0.29, 0.717) is 0 Å². The highest BCUT2D eigenvalue weighted by molar-refractivity contribution is 5.48. The highest BCUT2D eigenvalue weighted by Gasteiger charge is 2.16. The second-order valence-corrected chi connectivity index (χ2v) is 5.16. The van der Waals surface area contributed by atoms with Gasteiger partial charge in [-0.3, -0.25) is 4.90 Å². The fraction of sp³-hybridized carbons (Fsp3) is 0.600. The second kappa shape index (κ2) is 6.89. The van der Waals surface area contributed by atoms with E-state index in [2.05, 4.69) is 41.0 Å². The highest BCUT2D eigenvalue weighted by Crippen LogP contribution is 2.20. The molecule has 1 fully saturated rings. The Morgan fingerprint density at radius 1 is 1.16 bits per heavy atom. The van der Waals surface area contributed by atoms with Gasteiger partial charge in [-0.1, -0.05) is 19.1 Å². The predicted octanol–water partition coefficient (Wildman–Crippen LogP) is 1.21. The summed E-state index contributed by atoms with van der Waals surface area (Å²) in [5.41, 5.74) is 8.52. The van der Waals surface area contributed by atoms with Crippen LogP contribution in [0.2, 0.25) is 0 Å². The topological polar surface area (TPSA) is 52.7 Å². The van der Waals surface area contributed by atoms with Crippen molar-refractivity contribution < 1.29 is 5.11 Å². The molecule has 4 heteroatoms. The van der Waals surface area contributed by atoms with E-state index in [1.165, 1.54) is 11.3 Å². The fourth-order valence-corrected chi connectivity index (χ4v) is 2.54. The lowest BCUT2D eigenvalue weighted by Crippen LogP contribution is -2.47. The molecule has 1 aliphatic rings. The van der Waals surface area contributed by atoms with Crippen molar-refractivity contribution >= 4 is 5.69 Å². The van der Waals surface area contributed by atoms with Gasteiger partial charge in [0, 0.05) is 44.5 Å². The first-order valence-corrected chi connectivity index (χ1v) is 7.18. The molecule has 0 aliphatic carbocycles. The van der Waals surface area contributed by atoms with Crippen LogP contribution in [0.25, 0.3) is 0 Å². The van der Waals surface area contributed by atoms with Crippen LogP contribution in [0.4, 0.5) is 5.69 Å². The Balaban J connectivity index is 1.92. The molecule has 1 heterocycles. The van der Waals surface area contributed by atoms with E-state index in [0.717, 1.165) is 39.1 Å². The minimum atomic E-state index is 0.149. The third-order valence-corrected chi connectivity index (χ3v) is 3.91. The molecule has 0 saturated carbocycles. The van der Waals surface area contributed by atoms with Crippen LogP contribution in [-0.4, -0.2) is 49.3 Å². The lowest BCUT2D eigenvalue weighted by Gasteiger charge is -2.35. The van der Waals surface area contributed by atoms with E-state index in [4.69, 9.17) is 10.8 Å². The molecule has 19 heavy (non-hydrogen) atoms. The smallest absolute Gasteiger partial charge is 0.0558 e. The van der Waals surface area contributed by atoms with E-state index in [1.807, 2.05) is 0 Å². The van der Waals surface area contributed by atoms with Crippen LogP contribution in [0.5, 0.6) is 0 Å². The van der Waals surface area contributed by atoms with Gasteiger partial charge in [0.15, 0.2) is 0 Å². The number of rotatable bonds is 5. The molecule has 2 rings (SSSR count). The molecule has 0 amide bonds. The summed E-state index contributed by atoms with van der Waals surface area (Å²) in [6.45, 7) is 7.26. The summed E-state index contributed by atoms with van der Waals surface area (Å²) in [5, 5.41) is 8.94. The molecule has 4 nitrogen and oxygen atoms in total. The normalized spacial score (nSPS) is 18.6. The van der Waals surface area contributed by atoms with Gasteiger partial charge in [0.2, 0.25) is 0 Å². The van der Waals surface area contributed by atoms with Crippen molar-refractivity contribution in [3.05, 3.63) is 29.8 Å². The number of aliphatic hydroxyl groups excluding tert-OH is 1. The molecule has 106 valence electrons. The van der Waals surface area contributed by atoms with Gasteiger partial charge in [0.1, 0.15) is 0 Å². The molecule has 1 saturated heterocycles. The Bertz CT molecular complexity index is 371. The quantitative estimate of drug-likeness (QED) is 0.838. The van der Waals surface area contributed by atoms with Gasteiger partial charge in [0.25, 0.3) is 0 Å². The SMILES string of the molecule is CCC(N)c1ccc(N2CCN(CCO)CC2)cc1. The zero-order valence-corrected chi connectivity index (χ0v) is 11.8. The van der Waals surface area contributed by atoms with Crippen molar-refractivity contribution in [1.29, 1.82) is 0 Å². The van der Waals surface area contributed by atoms with Crippen LogP contribution in [0.3, 0.4) is 0 Å². The molecule has 0 bridgehead atoms. The molecule has 1 atom stereocenters. The number of piperazine rings is 1. The van der Waals surface area contributed by atoms with Crippen molar-refractivity contribution in [2.75, 3.05) is 44.2 Å². The number of anilines is 1. The van der Waals surface area contributed by atoms with E-state index in [1.54, 1.807) is 0 Å². The molecule has 0 spiro atoms. The van der Waals surface area contributed by atoms with E-state index >= 15 is 0 Å². The van der Waals surface area contributed by atoms with E-state index in [9.17, 15) is 0 Å². The van der Waals surface area contributed by atoms with Crippen LogP contribution in [0, 0.1) is 0 Å². The van der Waals surface area contributed by atoms with Crippen molar-refractivity contribution in [3.8, 4) is 0 Å². The van der Waals surface area contributed by atoms with Gasteiger partial charge in [0.05, 0.1) is 6.61 Å². The lowest BCUT2D eigenvalue weighted by molar-refractivity contribution is 0.189. The van der Waals surface area contributed by atoms with Gasteiger partial charge in [-0.15, -0.1) is 0 Å². The monoisotopic (exact) mass is 263 g/mol. The van der Waals surface area contributed by atoms with Crippen LogP contribution in [0.15, 0.2) is 24.3 Å². The van der Waals surface area contributed by atoms with Crippen LogP contribution in [0.1, 0.15) is 24.9 Å². The first kappa shape index (κ1) is 14.3. The van der Waals surface area contributed by atoms with Crippen molar-refractivity contribution in [2.24, 2.45) is 5.73 Å². The Hall–Kier alpha value is -1.10. The minimum absolute atomic E-state index is 0.149. The zero-order chi connectivity index (χ0) is 13.7. The molecule has 1 aromatic rings. The molecule has 1 aliphatic heterocycles. The third-order valence-electron chi connectivity index (χ3n) is 3.91. The van der Waals surface area contributed by atoms with Gasteiger partial charge in [-0.2, -0.15) is 0 Å². The molecule has 0 radical (unpaired) electrons. The van der Waals surface area contributed by atoms with Gasteiger partial charge in [-0.25, -0.2) is 0 Å². The number of β-amino-alcohol motifs (C(OH)–C–C–N with tert-alkyl or cyclic N) is 1. The van der Waals surface area contributed by atoms with Crippen LogP contribution >= 0.6 is 0 Å². The van der Waals surface area contributed by atoms with Gasteiger partial charge < -0.3 is 15.7 Å². The Labute approximate surface area is 115 Å². The largest absolute Gasteiger partial charge is 0.395 e. The Morgan fingerprint density at radius 3 is 2.32 bits per heavy atom. The molecular weight excluding hydrogens is 238 g/mol. The maximum Gasteiger partial charge on any atom is 0.0558 e. The molecule has 1 aromatic carbocycles. The average molecular weight is 263 g/mol. The first-order chi connectivity index (χ1) is 9.24. The fourth-order valence-electron chi connectivity index (χ4n) is 2.54. The summed E-state index contributed by atoms with van der Waals surface area (Å²) in [7, 11) is 0. The summed E-state index contributed by atoms with van der Waals surface area (Å²) in [6.07, 6.45) is 0.971. The average Bonchev–Trinajstić information content (AvgIpc) is 2.48. The molecule has 1 unspecified atom stereocenters. The molecular formula is C15H25N3O. The van der Waals surface area contributed by atoms with Crippen molar-refractivity contribution in [3.63, 3.8) is 0 Å². The summed E-state index contributed by atoms with van der Waals surface area (Å²) in [6, 6.07) is 8.78. The number of nitrogens with two attached hydrogens (primary N) is 1. The zero-order valence-electron chi connectivity index (χ0n) is 11.8. The van der Waals surface area contributed by atoms with Gasteiger partial charge >= 0.3 is 0 Å². The predicted molar refractivity (Wildman–Crippen MR) is 79.4 cm³/mol. The van der Waals surface area contributed by atoms with Crippen molar-refractivity contribution in [2.45, 2.75) is 19.4 Å². The number of aliphatic hydroxyl groups is 1. The van der Waals surface area contributed by atoms with Gasteiger partial charge in [-0.05, 0) is 24.1 Å². The molecule has 3 N–H and O–H groups in total. The Morgan fingerprint density at radius 2 is 1.79 bits per heavy atom. The minimum Gasteiger partial charge on any atom is -0.395 e. The van der Waals surface area contributed by atoms with E-state index < -0.39 is 0 Å².